The molecule has 0 atom stereocenters. The third-order valence-electron chi connectivity index (χ3n) is 3.31. The number of hydrogen-bond donors (Lipinski definition) is 1. The molecule has 0 aliphatic carbocycles. The van der Waals surface area contributed by atoms with Crippen molar-refractivity contribution < 1.29 is 4.79 Å². The molecule has 3 heteroatoms. The third kappa shape index (κ3) is 3.81. The Kier molecular flexibility index (Phi) is 4.40. The topological polar surface area (TPSA) is 29.1 Å². The smallest absolute Gasteiger partial charge is 0.251 e. The summed E-state index contributed by atoms with van der Waals surface area (Å²) in [6.07, 6.45) is 0. The Hall–Kier alpha value is -1.87. The summed E-state index contributed by atoms with van der Waals surface area (Å²) < 4.78 is 0. The normalized spacial score (nSPS) is 11.2. The molecule has 0 aromatic heterocycles. The van der Waals surface area contributed by atoms with Crippen LogP contribution in [0.1, 0.15) is 15.9 Å². The highest BCUT2D eigenvalue weighted by Crippen LogP contribution is 2.05. The van der Waals surface area contributed by atoms with Crippen molar-refractivity contribution in [1.82, 2.24) is 5.32 Å². The van der Waals surface area contributed by atoms with Crippen LogP contribution in [0.25, 0.3) is 0 Å². The summed E-state index contributed by atoms with van der Waals surface area (Å²) in [6, 6.07) is 17.9. The first-order valence-corrected chi connectivity index (χ1v) is 10.4. The van der Waals surface area contributed by atoms with Crippen molar-refractivity contribution in [3.05, 3.63) is 65.7 Å². The molecule has 1 N–H and O–H groups in total. The molecule has 2 rings (SSSR count). The van der Waals surface area contributed by atoms with Crippen LogP contribution >= 0.6 is 0 Å². The molecule has 0 aliphatic rings. The Balaban J connectivity index is 1.96. The van der Waals surface area contributed by atoms with Crippen molar-refractivity contribution >= 4 is 19.2 Å². The minimum Gasteiger partial charge on any atom is -0.348 e. The maximum Gasteiger partial charge on any atom is 0.251 e. The van der Waals surface area contributed by atoms with E-state index >= 15 is 0 Å². The van der Waals surface area contributed by atoms with Crippen LogP contribution in [-0.4, -0.2) is 14.0 Å². The minimum atomic E-state index is -1.24. The largest absolute Gasteiger partial charge is 0.348 e. The highest BCUT2D eigenvalue weighted by atomic mass is 28.3. The van der Waals surface area contributed by atoms with Crippen LogP contribution in [0.5, 0.6) is 0 Å². The number of hydrogen-bond acceptors (Lipinski definition) is 1. The van der Waals surface area contributed by atoms with Crippen molar-refractivity contribution in [2.24, 2.45) is 0 Å². The van der Waals surface area contributed by atoms with E-state index in [1.165, 1.54) is 5.19 Å². The fourth-order valence-electron chi connectivity index (χ4n) is 2.00. The van der Waals surface area contributed by atoms with E-state index in [0.717, 1.165) is 5.56 Å². The summed E-state index contributed by atoms with van der Waals surface area (Å²) in [5, 5.41) is 4.39. The standard InChI is InChI=1S/C17H21NOSi/c1-20(2,3)16-11-9-14(10-12-16)13-18-17(19)15-7-5-4-6-8-15/h4-12H,13H2,1-3H3,(H,18,19). The van der Waals surface area contributed by atoms with Gasteiger partial charge in [-0.2, -0.15) is 0 Å². The fraction of sp³-hybridized carbons (Fsp3) is 0.235. The third-order valence-corrected chi connectivity index (χ3v) is 5.37. The molecule has 2 nitrogen and oxygen atoms in total. The monoisotopic (exact) mass is 283 g/mol. The van der Waals surface area contributed by atoms with Gasteiger partial charge >= 0.3 is 0 Å². The molecule has 104 valence electrons. The summed E-state index contributed by atoms with van der Waals surface area (Å²) in [4.78, 5) is 11.9. The molecular weight excluding hydrogens is 262 g/mol. The highest BCUT2D eigenvalue weighted by molar-refractivity contribution is 6.88. The summed E-state index contributed by atoms with van der Waals surface area (Å²) in [5.74, 6) is -0.0279. The minimum absolute atomic E-state index is 0.0279. The molecule has 0 saturated carbocycles. The van der Waals surface area contributed by atoms with Gasteiger partial charge in [0.05, 0.1) is 8.07 Å². The number of rotatable bonds is 4. The number of carbonyl (C=O) groups is 1. The molecule has 2 aromatic rings. The van der Waals surface area contributed by atoms with Crippen molar-refractivity contribution in [2.45, 2.75) is 26.2 Å². The van der Waals surface area contributed by atoms with Gasteiger partial charge in [-0.05, 0) is 17.7 Å². The fourth-order valence-corrected chi connectivity index (χ4v) is 3.16. The summed E-state index contributed by atoms with van der Waals surface area (Å²) >= 11 is 0. The zero-order chi connectivity index (χ0) is 14.6. The van der Waals surface area contributed by atoms with E-state index in [0.29, 0.717) is 12.1 Å². The lowest BCUT2D eigenvalue weighted by Gasteiger charge is -2.16. The Morgan fingerprint density at radius 3 is 2.10 bits per heavy atom. The Morgan fingerprint density at radius 1 is 0.950 bits per heavy atom. The first-order chi connectivity index (χ1) is 9.47. The van der Waals surface area contributed by atoms with E-state index in [4.69, 9.17) is 0 Å². The van der Waals surface area contributed by atoms with Crippen molar-refractivity contribution in [3.8, 4) is 0 Å². The average molecular weight is 283 g/mol. The maximum atomic E-state index is 11.9. The van der Waals surface area contributed by atoms with Crippen molar-refractivity contribution in [3.63, 3.8) is 0 Å². The van der Waals surface area contributed by atoms with Gasteiger partial charge in [-0.15, -0.1) is 0 Å². The van der Waals surface area contributed by atoms with E-state index in [1.807, 2.05) is 30.3 Å². The van der Waals surface area contributed by atoms with Crippen molar-refractivity contribution in [2.75, 3.05) is 0 Å². The molecule has 2 aromatic carbocycles. The van der Waals surface area contributed by atoms with E-state index in [2.05, 4.69) is 49.2 Å². The van der Waals surface area contributed by atoms with Gasteiger partial charge in [0.1, 0.15) is 0 Å². The lowest BCUT2D eigenvalue weighted by Crippen LogP contribution is -2.37. The number of amides is 1. The van der Waals surface area contributed by atoms with E-state index in [1.54, 1.807) is 0 Å². The highest BCUT2D eigenvalue weighted by Gasteiger charge is 2.15. The number of nitrogens with one attached hydrogen (secondary N) is 1. The Morgan fingerprint density at radius 2 is 1.55 bits per heavy atom. The molecule has 0 radical (unpaired) electrons. The van der Waals surface area contributed by atoms with Gasteiger partial charge in [0, 0.05) is 12.1 Å². The first kappa shape index (κ1) is 14.5. The maximum absolute atomic E-state index is 11.9. The predicted molar refractivity (Wildman–Crippen MR) is 87.0 cm³/mol. The first-order valence-electron chi connectivity index (χ1n) is 6.89. The van der Waals surface area contributed by atoms with E-state index in [9.17, 15) is 4.79 Å². The van der Waals surface area contributed by atoms with Gasteiger partial charge in [-0.25, -0.2) is 0 Å². The molecule has 0 fully saturated rings. The molecule has 1 amide bonds. The second kappa shape index (κ2) is 6.05. The van der Waals surface area contributed by atoms with Gasteiger partial charge in [0.2, 0.25) is 0 Å². The van der Waals surface area contributed by atoms with E-state index < -0.39 is 8.07 Å². The van der Waals surface area contributed by atoms with Crippen LogP contribution < -0.4 is 10.5 Å². The van der Waals surface area contributed by atoms with Crippen LogP contribution in [0, 0.1) is 0 Å². The van der Waals surface area contributed by atoms with Gasteiger partial charge < -0.3 is 5.32 Å². The van der Waals surface area contributed by atoms with Gasteiger partial charge in [0.15, 0.2) is 0 Å². The summed E-state index contributed by atoms with van der Waals surface area (Å²) in [5.41, 5.74) is 1.84. The summed E-state index contributed by atoms with van der Waals surface area (Å²) in [7, 11) is -1.24. The lowest BCUT2D eigenvalue weighted by atomic mass is 10.2. The molecular formula is C17H21NOSi. The second-order valence-corrected chi connectivity index (χ2v) is 11.1. The zero-order valence-electron chi connectivity index (χ0n) is 12.3. The van der Waals surface area contributed by atoms with Crippen LogP contribution in [0.15, 0.2) is 54.6 Å². The molecule has 0 saturated heterocycles. The van der Waals surface area contributed by atoms with Crippen molar-refractivity contribution in [1.29, 1.82) is 0 Å². The van der Waals surface area contributed by atoms with Crippen LogP contribution in [0.3, 0.4) is 0 Å². The molecule has 20 heavy (non-hydrogen) atoms. The predicted octanol–water partition coefficient (Wildman–Crippen LogP) is 3.16. The number of carbonyl (C=O) groups excluding carboxylic acids is 1. The Labute approximate surface area is 121 Å². The van der Waals surface area contributed by atoms with Gasteiger partial charge in [-0.3, -0.25) is 4.79 Å². The van der Waals surface area contributed by atoms with Crippen LogP contribution in [0.2, 0.25) is 19.6 Å². The Bertz CT molecular complexity index is 570. The molecule has 0 bridgehead atoms. The average Bonchev–Trinajstić information content (AvgIpc) is 2.45. The molecule has 0 unspecified atom stereocenters. The van der Waals surface area contributed by atoms with Gasteiger partial charge in [-0.1, -0.05) is 67.3 Å². The molecule has 0 heterocycles. The van der Waals surface area contributed by atoms with E-state index in [-0.39, 0.29) is 5.91 Å². The quantitative estimate of drug-likeness (QED) is 0.858. The summed E-state index contributed by atoms with van der Waals surface area (Å²) in [6.45, 7) is 7.57. The number of benzene rings is 2. The second-order valence-electron chi connectivity index (χ2n) is 6.00. The van der Waals surface area contributed by atoms with Gasteiger partial charge in [0.25, 0.3) is 5.91 Å². The SMILES string of the molecule is C[Si](C)(C)c1ccc(CNC(=O)c2ccccc2)cc1. The molecule has 0 spiro atoms. The zero-order valence-corrected chi connectivity index (χ0v) is 13.3. The van der Waals surface area contributed by atoms with Crippen LogP contribution in [-0.2, 0) is 6.54 Å². The lowest BCUT2D eigenvalue weighted by molar-refractivity contribution is 0.0951. The molecule has 0 aliphatic heterocycles. The van der Waals surface area contributed by atoms with Crippen LogP contribution in [0.4, 0.5) is 0 Å².